The molecule has 1 atom stereocenters. The minimum atomic E-state index is -3.52. The molecule has 1 aliphatic heterocycles. The van der Waals surface area contributed by atoms with Crippen LogP contribution in [-0.4, -0.2) is 44.9 Å². The first-order chi connectivity index (χ1) is 12.5. The third kappa shape index (κ3) is 4.20. The molecule has 2 aromatic rings. The Bertz CT molecular complexity index is 847. The zero-order chi connectivity index (χ0) is 18.6. The molecule has 8 heteroatoms. The Kier molecular flexibility index (Phi) is 5.85. The highest BCUT2D eigenvalue weighted by molar-refractivity contribution is 7.89. The van der Waals surface area contributed by atoms with Gasteiger partial charge in [-0.2, -0.15) is 0 Å². The lowest BCUT2D eigenvalue weighted by Gasteiger charge is -2.12. The second-order valence-electron chi connectivity index (χ2n) is 6.20. The molecule has 0 amide bonds. The summed E-state index contributed by atoms with van der Waals surface area (Å²) in [7, 11) is -2.11. The van der Waals surface area contributed by atoms with Crippen LogP contribution in [0.4, 0.5) is 5.82 Å². The van der Waals surface area contributed by atoms with Crippen LogP contribution < -0.4 is 10.0 Å². The summed E-state index contributed by atoms with van der Waals surface area (Å²) in [5.74, 6) is 0.678. The molecule has 1 saturated heterocycles. The second-order valence-corrected chi connectivity index (χ2v) is 8.06. The van der Waals surface area contributed by atoms with Crippen LogP contribution in [0, 0.1) is 0 Å². The number of rotatable bonds is 7. The van der Waals surface area contributed by atoms with E-state index in [1.165, 1.54) is 7.05 Å². The van der Waals surface area contributed by atoms with Gasteiger partial charge in [-0.15, -0.1) is 10.2 Å². The molecule has 140 valence electrons. The van der Waals surface area contributed by atoms with Crippen molar-refractivity contribution in [3.63, 3.8) is 0 Å². The minimum absolute atomic E-state index is 0.229. The summed E-state index contributed by atoms with van der Waals surface area (Å²) in [5, 5.41) is 11.6. The summed E-state index contributed by atoms with van der Waals surface area (Å²) in [5.41, 5.74) is 2.11. The van der Waals surface area contributed by atoms with Crippen molar-refractivity contribution in [1.82, 2.24) is 14.9 Å². The number of hydrogen-bond donors (Lipinski definition) is 2. The van der Waals surface area contributed by atoms with Gasteiger partial charge in [0.05, 0.1) is 16.7 Å². The lowest BCUT2D eigenvalue weighted by molar-refractivity contribution is 0.120. The van der Waals surface area contributed by atoms with Gasteiger partial charge in [-0.25, -0.2) is 13.1 Å². The maximum atomic E-state index is 12.3. The first-order valence-corrected chi connectivity index (χ1v) is 10.3. The maximum absolute atomic E-state index is 12.3. The molecule has 1 aromatic carbocycles. The van der Waals surface area contributed by atoms with Crippen LogP contribution in [0.15, 0.2) is 35.2 Å². The molecule has 0 saturated carbocycles. The first-order valence-electron chi connectivity index (χ1n) is 8.79. The van der Waals surface area contributed by atoms with Gasteiger partial charge in [-0.3, -0.25) is 0 Å². The largest absolute Gasteiger partial charge is 0.376 e. The fraction of sp³-hybridized carbons (Fsp3) is 0.444. The normalized spacial score (nSPS) is 17.4. The zero-order valence-electron chi connectivity index (χ0n) is 15.0. The fourth-order valence-electron chi connectivity index (χ4n) is 2.97. The predicted octanol–water partition coefficient (Wildman–Crippen LogP) is 2.20. The van der Waals surface area contributed by atoms with Crippen molar-refractivity contribution in [2.24, 2.45) is 0 Å². The van der Waals surface area contributed by atoms with Crippen molar-refractivity contribution in [1.29, 1.82) is 0 Å². The number of aromatic nitrogens is 2. The first kappa shape index (κ1) is 18.8. The van der Waals surface area contributed by atoms with Crippen LogP contribution in [0.2, 0.25) is 0 Å². The van der Waals surface area contributed by atoms with Gasteiger partial charge in [0.1, 0.15) is 5.82 Å². The Morgan fingerprint density at radius 1 is 1.23 bits per heavy atom. The Balaban J connectivity index is 1.79. The Hall–Kier alpha value is -2.03. The second kappa shape index (κ2) is 8.11. The van der Waals surface area contributed by atoms with Gasteiger partial charge in [0.25, 0.3) is 0 Å². The zero-order valence-corrected chi connectivity index (χ0v) is 15.8. The SMILES string of the molecule is CCc1ccc(-c2ccc(NCC3CCCO3)nn2)cc1S(=O)(=O)NC. The highest BCUT2D eigenvalue weighted by atomic mass is 32.2. The molecule has 2 heterocycles. The molecular weight excluding hydrogens is 352 g/mol. The van der Waals surface area contributed by atoms with Crippen LogP contribution in [0.5, 0.6) is 0 Å². The third-order valence-corrected chi connectivity index (χ3v) is 6.00. The smallest absolute Gasteiger partial charge is 0.240 e. The summed E-state index contributed by atoms with van der Waals surface area (Å²) in [6.07, 6.45) is 3.02. The van der Waals surface area contributed by atoms with E-state index in [4.69, 9.17) is 4.74 Å². The van der Waals surface area contributed by atoms with Crippen LogP contribution >= 0.6 is 0 Å². The van der Waals surface area contributed by atoms with E-state index < -0.39 is 10.0 Å². The maximum Gasteiger partial charge on any atom is 0.240 e. The van der Waals surface area contributed by atoms with E-state index in [0.29, 0.717) is 30.0 Å². The predicted molar refractivity (Wildman–Crippen MR) is 101 cm³/mol. The number of ether oxygens (including phenoxy) is 1. The van der Waals surface area contributed by atoms with E-state index in [9.17, 15) is 8.42 Å². The lowest BCUT2D eigenvalue weighted by Crippen LogP contribution is -2.20. The molecule has 1 unspecified atom stereocenters. The number of sulfonamides is 1. The van der Waals surface area contributed by atoms with Gasteiger partial charge in [0, 0.05) is 18.7 Å². The summed E-state index contributed by atoms with van der Waals surface area (Å²) in [6, 6.07) is 9.02. The van der Waals surface area contributed by atoms with E-state index in [2.05, 4.69) is 20.2 Å². The van der Waals surface area contributed by atoms with E-state index >= 15 is 0 Å². The monoisotopic (exact) mass is 376 g/mol. The van der Waals surface area contributed by atoms with Gasteiger partial charge in [0.15, 0.2) is 0 Å². The Morgan fingerprint density at radius 2 is 2.08 bits per heavy atom. The molecule has 1 aliphatic rings. The number of benzene rings is 1. The summed E-state index contributed by atoms with van der Waals surface area (Å²) in [4.78, 5) is 0.280. The third-order valence-electron chi connectivity index (χ3n) is 4.50. The number of nitrogens with zero attached hydrogens (tertiary/aromatic N) is 2. The molecule has 0 spiro atoms. The summed E-state index contributed by atoms with van der Waals surface area (Å²) >= 11 is 0. The van der Waals surface area contributed by atoms with E-state index in [-0.39, 0.29) is 11.0 Å². The molecule has 3 rings (SSSR count). The van der Waals surface area contributed by atoms with Gasteiger partial charge in [-0.05, 0) is 50.1 Å². The number of anilines is 1. The Morgan fingerprint density at radius 3 is 2.69 bits per heavy atom. The van der Waals surface area contributed by atoms with E-state index in [0.717, 1.165) is 25.0 Å². The van der Waals surface area contributed by atoms with Crippen LogP contribution in [0.25, 0.3) is 11.3 Å². The van der Waals surface area contributed by atoms with Crippen LogP contribution in [0.1, 0.15) is 25.3 Å². The van der Waals surface area contributed by atoms with Crippen LogP contribution in [0.3, 0.4) is 0 Å². The molecule has 2 N–H and O–H groups in total. The minimum Gasteiger partial charge on any atom is -0.376 e. The molecule has 26 heavy (non-hydrogen) atoms. The van der Waals surface area contributed by atoms with Crippen molar-refractivity contribution >= 4 is 15.8 Å². The van der Waals surface area contributed by atoms with Crippen molar-refractivity contribution in [2.75, 3.05) is 25.5 Å². The molecule has 7 nitrogen and oxygen atoms in total. The summed E-state index contributed by atoms with van der Waals surface area (Å²) < 4.78 is 32.5. The van der Waals surface area contributed by atoms with Crippen molar-refractivity contribution in [3.05, 3.63) is 35.9 Å². The van der Waals surface area contributed by atoms with E-state index in [1.54, 1.807) is 6.07 Å². The van der Waals surface area contributed by atoms with Crippen LogP contribution in [-0.2, 0) is 21.2 Å². The molecule has 0 radical (unpaired) electrons. The number of hydrogen-bond acceptors (Lipinski definition) is 6. The quantitative estimate of drug-likeness (QED) is 0.770. The fourth-order valence-corrected chi connectivity index (χ4v) is 4.03. The van der Waals surface area contributed by atoms with Crippen molar-refractivity contribution in [3.8, 4) is 11.3 Å². The van der Waals surface area contributed by atoms with Gasteiger partial charge >= 0.3 is 0 Å². The average Bonchev–Trinajstić information content (AvgIpc) is 3.20. The standard InChI is InChI=1S/C18H24N4O3S/c1-3-13-6-7-14(11-17(13)26(23,24)19-2)16-8-9-18(22-21-16)20-12-15-5-4-10-25-15/h6-9,11,15,19H,3-5,10,12H2,1-2H3,(H,20,22). The average molecular weight is 376 g/mol. The van der Waals surface area contributed by atoms with Gasteiger partial charge in [-0.1, -0.05) is 19.1 Å². The van der Waals surface area contributed by atoms with Gasteiger partial charge in [0.2, 0.25) is 10.0 Å². The highest BCUT2D eigenvalue weighted by Gasteiger charge is 2.18. The summed E-state index contributed by atoms with van der Waals surface area (Å²) in [6.45, 7) is 3.46. The Labute approximate surface area is 154 Å². The van der Waals surface area contributed by atoms with Crippen molar-refractivity contribution < 1.29 is 13.2 Å². The molecule has 1 fully saturated rings. The van der Waals surface area contributed by atoms with E-state index in [1.807, 2.05) is 31.2 Å². The number of nitrogens with one attached hydrogen (secondary N) is 2. The van der Waals surface area contributed by atoms with Gasteiger partial charge < -0.3 is 10.1 Å². The lowest BCUT2D eigenvalue weighted by atomic mass is 10.1. The molecule has 0 aliphatic carbocycles. The highest BCUT2D eigenvalue weighted by Crippen LogP contribution is 2.25. The molecular formula is C18H24N4O3S. The topological polar surface area (TPSA) is 93.2 Å². The number of aryl methyl sites for hydroxylation is 1. The molecule has 0 bridgehead atoms. The molecule has 1 aromatic heterocycles. The van der Waals surface area contributed by atoms with Crippen molar-refractivity contribution in [2.45, 2.75) is 37.2 Å².